The Morgan fingerprint density at radius 3 is 2.91 bits per heavy atom. The lowest BCUT2D eigenvalue weighted by Gasteiger charge is -2.57. The highest BCUT2D eigenvalue weighted by Gasteiger charge is 2.60. The number of fused-ring (bicyclic) bond motifs is 1. The van der Waals surface area contributed by atoms with E-state index >= 15 is 0 Å². The first kappa shape index (κ1) is 16.0. The van der Waals surface area contributed by atoms with Crippen LogP contribution in [0.25, 0.3) is 0 Å². The molecule has 2 heterocycles. The molecule has 3 unspecified atom stereocenters. The standard InChI is InChI=1S/C17H26N2O2S/c1-17(2)15(13-7-8-21-16(13)17)19(4)11-14(20)18(3)10-12-6-5-9-22-12/h5-6,9,13,15-16H,7-8,10-11H2,1-4H3. The Balaban J connectivity index is 1.57. The molecule has 122 valence electrons. The van der Waals surface area contributed by atoms with Crippen molar-refractivity contribution < 1.29 is 9.53 Å². The molecule has 5 heteroatoms. The molecule has 3 atom stereocenters. The van der Waals surface area contributed by atoms with Gasteiger partial charge in [-0.25, -0.2) is 0 Å². The van der Waals surface area contributed by atoms with Crippen LogP contribution in [0.5, 0.6) is 0 Å². The maximum Gasteiger partial charge on any atom is 0.236 e. The summed E-state index contributed by atoms with van der Waals surface area (Å²) < 4.78 is 5.85. The molecule has 1 saturated heterocycles. The van der Waals surface area contributed by atoms with E-state index in [1.165, 1.54) is 4.88 Å². The molecule has 4 nitrogen and oxygen atoms in total. The SMILES string of the molecule is CN(Cc1cccs1)C(=O)CN(C)C1C2CCOC2C1(C)C. The Hall–Kier alpha value is -0.910. The molecular weight excluding hydrogens is 296 g/mol. The fourth-order valence-corrected chi connectivity index (χ4v) is 5.11. The molecule has 0 bridgehead atoms. The third-order valence-electron chi connectivity index (χ3n) is 5.30. The van der Waals surface area contributed by atoms with E-state index in [2.05, 4.69) is 37.2 Å². The first-order chi connectivity index (χ1) is 10.4. The zero-order chi connectivity index (χ0) is 15.9. The van der Waals surface area contributed by atoms with Gasteiger partial charge in [0.1, 0.15) is 0 Å². The van der Waals surface area contributed by atoms with Crippen LogP contribution in [0.4, 0.5) is 0 Å². The second-order valence-electron chi connectivity index (χ2n) is 7.25. The highest BCUT2D eigenvalue weighted by molar-refractivity contribution is 7.09. The van der Waals surface area contributed by atoms with Crippen molar-refractivity contribution >= 4 is 17.2 Å². The molecule has 1 aromatic rings. The van der Waals surface area contributed by atoms with Gasteiger partial charge in [0.05, 0.1) is 19.2 Å². The molecule has 22 heavy (non-hydrogen) atoms. The lowest BCUT2D eigenvalue weighted by molar-refractivity contribution is -0.157. The van der Waals surface area contributed by atoms with Crippen molar-refractivity contribution in [3.63, 3.8) is 0 Å². The van der Waals surface area contributed by atoms with E-state index in [4.69, 9.17) is 4.74 Å². The van der Waals surface area contributed by atoms with E-state index in [9.17, 15) is 4.79 Å². The summed E-state index contributed by atoms with van der Waals surface area (Å²) in [6.45, 7) is 6.59. The Morgan fingerprint density at radius 1 is 1.45 bits per heavy atom. The Bertz CT molecular complexity index is 529. The van der Waals surface area contributed by atoms with Crippen LogP contribution in [0.15, 0.2) is 17.5 Å². The number of thiophene rings is 1. The van der Waals surface area contributed by atoms with E-state index in [0.29, 0.717) is 31.2 Å². The summed E-state index contributed by atoms with van der Waals surface area (Å²) in [5, 5.41) is 2.05. The number of nitrogens with zero attached hydrogens (tertiary/aromatic N) is 2. The second kappa shape index (κ2) is 5.95. The van der Waals surface area contributed by atoms with Crippen molar-refractivity contribution in [2.45, 2.75) is 39.0 Å². The average molecular weight is 322 g/mol. The first-order valence-corrected chi connectivity index (χ1v) is 8.87. The highest BCUT2D eigenvalue weighted by Crippen LogP contribution is 2.54. The van der Waals surface area contributed by atoms with Gasteiger partial charge in [0, 0.05) is 35.9 Å². The van der Waals surface area contributed by atoms with Gasteiger partial charge in [0.15, 0.2) is 0 Å². The molecule has 0 spiro atoms. The zero-order valence-corrected chi connectivity index (χ0v) is 14.7. The van der Waals surface area contributed by atoms with E-state index < -0.39 is 0 Å². The van der Waals surface area contributed by atoms with Crippen molar-refractivity contribution in [2.24, 2.45) is 11.3 Å². The summed E-state index contributed by atoms with van der Waals surface area (Å²) >= 11 is 1.70. The van der Waals surface area contributed by atoms with Gasteiger partial charge in [0.2, 0.25) is 5.91 Å². The molecule has 2 fully saturated rings. The van der Waals surface area contributed by atoms with Gasteiger partial charge >= 0.3 is 0 Å². The number of hydrogen-bond donors (Lipinski definition) is 0. The number of likely N-dealkylation sites (N-methyl/N-ethyl adjacent to an activating group) is 2. The van der Waals surface area contributed by atoms with Gasteiger partial charge in [-0.3, -0.25) is 9.69 Å². The molecule has 0 radical (unpaired) electrons. The van der Waals surface area contributed by atoms with Crippen molar-refractivity contribution in [2.75, 3.05) is 27.2 Å². The fourth-order valence-electron chi connectivity index (χ4n) is 4.35. The van der Waals surface area contributed by atoms with Gasteiger partial charge in [-0.1, -0.05) is 19.9 Å². The lowest BCUT2D eigenvalue weighted by atomic mass is 9.57. The zero-order valence-electron chi connectivity index (χ0n) is 13.9. The van der Waals surface area contributed by atoms with Crippen LogP contribution in [-0.4, -0.2) is 55.1 Å². The Kier molecular flexibility index (Phi) is 4.32. The Morgan fingerprint density at radius 2 is 2.23 bits per heavy atom. The number of carbonyl (C=O) groups excluding carboxylic acids is 1. The average Bonchev–Trinajstić information content (AvgIpc) is 3.08. The summed E-state index contributed by atoms with van der Waals surface area (Å²) in [4.78, 5) is 17.8. The second-order valence-corrected chi connectivity index (χ2v) is 8.29. The number of ether oxygens (including phenoxy) is 1. The molecule has 1 aliphatic heterocycles. The summed E-state index contributed by atoms with van der Waals surface area (Å²) in [6, 6.07) is 4.55. The summed E-state index contributed by atoms with van der Waals surface area (Å²) in [6.07, 6.45) is 1.50. The molecule has 0 aromatic carbocycles. The molecule has 1 saturated carbocycles. The monoisotopic (exact) mass is 322 g/mol. The number of rotatable bonds is 5. The van der Waals surface area contributed by atoms with Crippen LogP contribution in [-0.2, 0) is 16.1 Å². The van der Waals surface area contributed by atoms with Crippen LogP contribution in [0, 0.1) is 11.3 Å². The Labute approximate surface area is 137 Å². The van der Waals surface area contributed by atoms with E-state index in [1.807, 2.05) is 18.0 Å². The van der Waals surface area contributed by atoms with Crippen LogP contribution in [0.2, 0.25) is 0 Å². The minimum atomic E-state index is 0.141. The van der Waals surface area contributed by atoms with Gasteiger partial charge in [0.25, 0.3) is 0 Å². The highest BCUT2D eigenvalue weighted by atomic mass is 32.1. The van der Waals surface area contributed by atoms with E-state index in [1.54, 1.807) is 11.3 Å². The third kappa shape index (κ3) is 2.70. The van der Waals surface area contributed by atoms with Crippen LogP contribution < -0.4 is 0 Å². The molecule has 2 aliphatic rings. The van der Waals surface area contributed by atoms with Crippen molar-refractivity contribution in [3.05, 3.63) is 22.4 Å². The van der Waals surface area contributed by atoms with Crippen molar-refractivity contribution in [1.29, 1.82) is 0 Å². The van der Waals surface area contributed by atoms with Crippen molar-refractivity contribution in [3.8, 4) is 0 Å². The van der Waals surface area contributed by atoms with Crippen LogP contribution >= 0.6 is 11.3 Å². The number of carbonyl (C=O) groups is 1. The van der Waals surface area contributed by atoms with Gasteiger partial charge in [-0.15, -0.1) is 11.3 Å². The van der Waals surface area contributed by atoms with Gasteiger partial charge in [-0.05, 0) is 24.9 Å². The number of amides is 1. The molecule has 1 amide bonds. The first-order valence-electron chi connectivity index (χ1n) is 7.99. The smallest absolute Gasteiger partial charge is 0.236 e. The topological polar surface area (TPSA) is 32.8 Å². The summed E-state index contributed by atoms with van der Waals surface area (Å²) in [7, 11) is 3.97. The van der Waals surface area contributed by atoms with E-state index in [0.717, 1.165) is 13.0 Å². The minimum Gasteiger partial charge on any atom is -0.377 e. The number of hydrogen-bond acceptors (Lipinski definition) is 4. The maximum atomic E-state index is 12.5. The predicted molar refractivity (Wildman–Crippen MR) is 88.8 cm³/mol. The fraction of sp³-hybridized carbons (Fsp3) is 0.706. The minimum absolute atomic E-state index is 0.141. The third-order valence-corrected chi connectivity index (χ3v) is 6.16. The predicted octanol–water partition coefficient (Wildman–Crippen LogP) is 2.45. The maximum absolute atomic E-state index is 12.5. The largest absolute Gasteiger partial charge is 0.377 e. The van der Waals surface area contributed by atoms with Gasteiger partial charge < -0.3 is 9.64 Å². The molecule has 0 N–H and O–H groups in total. The van der Waals surface area contributed by atoms with Crippen molar-refractivity contribution in [1.82, 2.24) is 9.80 Å². The quantitative estimate of drug-likeness (QED) is 0.835. The molecule has 1 aromatic heterocycles. The normalized spacial score (nSPS) is 29.2. The summed E-state index contributed by atoms with van der Waals surface area (Å²) in [5.41, 5.74) is 0.141. The van der Waals surface area contributed by atoms with E-state index in [-0.39, 0.29) is 11.3 Å². The summed E-state index contributed by atoms with van der Waals surface area (Å²) in [5.74, 6) is 0.782. The van der Waals surface area contributed by atoms with Crippen LogP contribution in [0.3, 0.4) is 0 Å². The molecule has 3 rings (SSSR count). The molecular formula is C17H26N2O2S. The van der Waals surface area contributed by atoms with Gasteiger partial charge in [-0.2, -0.15) is 0 Å². The molecule has 1 aliphatic carbocycles. The lowest BCUT2D eigenvalue weighted by Crippen LogP contribution is -2.66. The van der Waals surface area contributed by atoms with Crippen LogP contribution in [0.1, 0.15) is 25.1 Å².